The van der Waals surface area contributed by atoms with Crippen molar-refractivity contribution in [1.82, 2.24) is 0 Å². The normalized spacial score (nSPS) is 16.7. The van der Waals surface area contributed by atoms with Gasteiger partial charge in [0.15, 0.2) is 42.2 Å². The van der Waals surface area contributed by atoms with E-state index in [4.69, 9.17) is 44.2 Å². The van der Waals surface area contributed by atoms with Gasteiger partial charge in [0.05, 0.1) is 98.0 Å². The number of epoxide rings is 1. The summed E-state index contributed by atoms with van der Waals surface area (Å²) in [7, 11) is -10.5. The molecule has 1 saturated heterocycles. The minimum atomic E-state index is -5.09. The molecule has 7 aromatic carbocycles. The third-order valence-corrected chi connectivity index (χ3v) is 17.5. The molecule has 12 rings (SSSR count). The van der Waals surface area contributed by atoms with Crippen LogP contribution in [0.15, 0.2) is 188 Å². The molecule has 24 nitrogen and oxygen atoms in total. The summed E-state index contributed by atoms with van der Waals surface area (Å²) in [6.07, 6.45) is -43.8. The van der Waals surface area contributed by atoms with E-state index < -0.39 is 145 Å². The Morgan fingerprint density at radius 3 is 1.07 bits per heavy atom. The topological polar surface area (TPSA) is 295 Å². The molecule has 0 aromatic heterocycles. The number of para-hydroxylation sites is 4. The maximum Gasteiger partial charge on any atom is 3.00 e. The summed E-state index contributed by atoms with van der Waals surface area (Å²) < 4.78 is 421. The number of hydrogen-bond acceptors (Lipinski definition) is 26. The van der Waals surface area contributed by atoms with Crippen molar-refractivity contribution in [3.63, 3.8) is 0 Å². The van der Waals surface area contributed by atoms with Crippen molar-refractivity contribution in [3.05, 3.63) is 188 Å². The molecule has 6 atom stereocenters. The molecular weight excluding hydrogens is 2130 g/mol. The number of carbonyl (C=O) groups excluding carboxylic acids is 1. The number of rotatable bonds is 19. The number of β-amino-alcohol motifs (C(OH)–C–C–N with tert-alkyl or cyclic N) is 2. The number of nitrogens with zero attached hydrogens (tertiary/aromatic N) is 2. The number of nitrogens with one attached hydrogen (secondary N) is 2. The van der Waals surface area contributed by atoms with E-state index in [2.05, 4.69) is 77.8 Å². The second-order valence-corrected chi connectivity index (χ2v) is 27.9. The van der Waals surface area contributed by atoms with E-state index in [0.717, 1.165) is 46.5 Å². The predicted octanol–water partition coefficient (Wildman–Crippen LogP) is 20.6. The molecule has 727 valence electrons. The molecule has 6 unspecified atom stereocenters. The van der Waals surface area contributed by atoms with Crippen LogP contribution in [0.2, 0.25) is 0 Å². The summed E-state index contributed by atoms with van der Waals surface area (Å²) in [5, 5.41) is 25.3. The molecule has 5 heterocycles. The Kier molecular flexibility index (Phi) is 43.2. The van der Waals surface area contributed by atoms with Crippen molar-refractivity contribution in [2.75, 3.05) is 66.6 Å². The van der Waals surface area contributed by atoms with Crippen LogP contribution >= 0.6 is 15.9 Å². The SMILES string of the molecule is C=CCC1COc2c(-c3cccc(OC(F)(F)F)c3)cccc2N1CC(O)C(F)(F)F.C=CCC1COc2c(-c3cccc(OC(F)(F)F)c3)cccc2N1CC(O)C(F)(F)F.C=CCC1COc2c(cccc2-c2cccc(OC(F)(F)F)c2)N1.FC(F)(F)C1CO1.O=C1COc2c(Br)cccc2N1.O=[S-](=O)OC(F)(F)F.O=[S-](=O)OC(F)(F)F.O=[S-](=O)OC(F)(F)F.[Yb+3]. The van der Waals surface area contributed by atoms with E-state index in [0.29, 0.717) is 75.7 Å². The third-order valence-electron chi connectivity index (χ3n) is 15.9. The number of anilines is 4. The van der Waals surface area contributed by atoms with Crippen LogP contribution in [-0.4, -0.2) is 155 Å². The number of halogens is 28. The smallest absolute Gasteiger partial charge is 0.489 e. The fraction of sp³-hybridized carbons (Fsp3) is 0.338. The Hall–Kier alpha value is -9.05. The van der Waals surface area contributed by atoms with Gasteiger partial charge >= 0.3 is 104 Å². The van der Waals surface area contributed by atoms with Gasteiger partial charge in [-0.1, -0.05) is 97.1 Å². The molecule has 1 radical (unpaired) electrons. The second-order valence-electron chi connectivity index (χ2n) is 25.3. The standard InChI is InChI=1S/2C21H19F6NO3.C18H16F3NO2.C8H6BrNO2.C3H3F3O.3CF3O3S.Yb/c2*1-2-5-14-12-30-19-16(13-6-3-7-15(10-13)31-21(25,26)27)8-4-9-17(19)28(14)11-18(29)20(22,23)24;1-2-5-13-11-23-17-15(8-4-9-16(17)22-13)12-6-3-7-14(10-12)24-18(19,20)21;9-5-2-1-3-6-8(5)12-4-7(11)10-6;4-3(5,6)2-1-7-2;3*2-1(3,4)7-8(5)6;/h2*2-4,6-10,14,18,29H,1,5,11-12H2;2-4,6-10,13,22H,1,5,11H2;1-3H,4H2,(H,10,11);2H,1H2;;;;/q;;;;;3*-1;+3. The maximum absolute atomic E-state index is 13.0. The second kappa shape index (κ2) is 49.6. The molecule has 130 heavy (non-hydrogen) atoms. The minimum absolute atomic E-state index is 0. The molecular formula is C74H63BrF27N4O20S3Yb. The summed E-state index contributed by atoms with van der Waals surface area (Å²) in [5.41, 5.74) is 4.86. The number of ether oxygens (including phenoxy) is 8. The molecule has 0 saturated carbocycles. The van der Waals surface area contributed by atoms with Gasteiger partial charge in [0.25, 0.3) is 5.91 Å². The van der Waals surface area contributed by atoms with Gasteiger partial charge in [-0.05, 0) is 119 Å². The number of amides is 1. The van der Waals surface area contributed by atoms with Gasteiger partial charge in [-0.3, -0.25) is 4.79 Å². The van der Waals surface area contributed by atoms with Crippen LogP contribution in [0.5, 0.6) is 40.2 Å². The van der Waals surface area contributed by atoms with Crippen molar-refractivity contribution >= 4 is 77.5 Å². The monoisotopic (exact) mass is 2190 g/mol. The first-order chi connectivity index (χ1) is 59.6. The first-order valence-corrected chi connectivity index (χ1v) is 38.8. The van der Waals surface area contributed by atoms with Crippen molar-refractivity contribution in [2.45, 2.75) is 112 Å². The van der Waals surface area contributed by atoms with Crippen LogP contribution in [0.1, 0.15) is 19.3 Å². The van der Waals surface area contributed by atoms with Crippen LogP contribution in [0.3, 0.4) is 0 Å². The fourth-order valence-corrected chi connectivity index (χ4v) is 11.9. The first-order valence-electron chi connectivity index (χ1n) is 35.0. The molecule has 5 aliphatic heterocycles. The summed E-state index contributed by atoms with van der Waals surface area (Å²) in [4.78, 5) is 13.7. The fourth-order valence-electron chi connectivity index (χ4n) is 11.0. The Morgan fingerprint density at radius 1 is 0.431 bits per heavy atom. The molecule has 5 aliphatic rings. The van der Waals surface area contributed by atoms with E-state index >= 15 is 0 Å². The Labute approximate surface area is 769 Å². The van der Waals surface area contributed by atoms with Gasteiger partial charge in [0, 0.05) is 16.7 Å². The number of fused-ring (bicyclic) bond motifs is 4. The number of benzene rings is 7. The van der Waals surface area contributed by atoms with E-state index in [-0.39, 0.29) is 103 Å². The van der Waals surface area contributed by atoms with Crippen molar-refractivity contribution in [3.8, 4) is 73.6 Å². The van der Waals surface area contributed by atoms with E-state index in [9.17, 15) is 134 Å². The molecule has 56 heteroatoms. The molecule has 7 aromatic rings. The Balaban J connectivity index is 0.000000333. The number of hydrogen-bond donors (Lipinski definition) is 4. The Morgan fingerprint density at radius 2 is 0.762 bits per heavy atom. The van der Waals surface area contributed by atoms with Gasteiger partial charge in [-0.25, -0.2) is 0 Å². The van der Waals surface area contributed by atoms with Crippen LogP contribution in [0, 0.1) is 46.9 Å². The van der Waals surface area contributed by atoms with Crippen LogP contribution in [0.25, 0.3) is 33.4 Å². The van der Waals surface area contributed by atoms with E-state index in [1.54, 1.807) is 42.5 Å². The molecule has 1 amide bonds. The summed E-state index contributed by atoms with van der Waals surface area (Å²) in [5.74, 6) is 0.507. The van der Waals surface area contributed by atoms with Gasteiger partial charge in [-0.2, -0.15) is 39.5 Å². The zero-order chi connectivity index (χ0) is 97.2. The molecule has 0 bridgehead atoms. The summed E-state index contributed by atoms with van der Waals surface area (Å²) >= 11 is 3.33. The minimum Gasteiger partial charge on any atom is -0.489 e. The van der Waals surface area contributed by atoms with E-state index in [1.807, 2.05) is 30.3 Å². The van der Waals surface area contributed by atoms with Crippen LogP contribution in [-0.2, 0) is 80.3 Å². The largest absolute Gasteiger partial charge is 3.00 e. The van der Waals surface area contributed by atoms with Crippen molar-refractivity contribution in [1.29, 1.82) is 0 Å². The predicted molar refractivity (Wildman–Crippen MR) is 402 cm³/mol. The zero-order valence-electron chi connectivity index (χ0n) is 64.5. The summed E-state index contributed by atoms with van der Waals surface area (Å²) in [6.45, 7) is 9.91. The molecule has 0 spiro atoms. The number of carbonyl (C=O) groups is 1. The molecule has 1 fully saturated rings. The summed E-state index contributed by atoms with van der Waals surface area (Å²) in [6, 6.07) is 35.8. The van der Waals surface area contributed by atoms with Gasteiger partial charge < -0.3 is 106 Å². The van der Waals surface area contributed by atoms with Crippen molar-refractivity contribution in [2.24, 2.45) is 0 Å². The Bertz CT molecular complexity index is 4860. The van der Waals surface area contributed by atoms with Gasteiger partial charge in [0.1, 0.15) is 42.8 Å². The average molecular weight is 2190 g/mol. The number of aliphatic hydroxyl groups is 2. The quantitative estimate of drug-likeness (QED) is 0.0253. The third kappa shape index (κ3) is 41.0. The molecule has 0 aliphatic carbocycles. The molecule has 4 N–H and O–H groups in total. The van der Waals surface area contributed by atoms with Crippen molar-refractivity contribution < 1.29 is 256 Å². The van der Waals surface area contributed by atoms with Crippen LogP contribution in [0.4, 0.5) is 141 Å². The van der Waals surface area contributed by atoms with Gasteiger partial charge in [0.2, 0.25) is 0 Å². The number of aliphatic hydroxyl groups excluding tert-OH is 2. The van der Waals surface area contributed by atoms with Gasteiger partial charge in [-0.15, -0.1) is 98.8 Å². The van der Waals surface area contributed by atoms with Crippen LogP contribution < -0.4 is 53.6 Å². The number of alkyl halides is 27. The maximum atomic E-state index is 13.0. The average Bonchev–Trinajstić information content (AvgIpc) is 1.01. The first kappa shape index (κ1) is 113. The zero-order valence-corrected chi connectivity index (χ0v) is 70.2. The van der Waals surface area contributed by atoms with E-state index in [1.165, 1.54) is 76.5 Å².